The molecule has 0 fully saturated rings. The molecular weight excluding hydrogens is 202 g/mol. The van der Waals surface area contributed by atoms with Crippen LogP contribution in [0.2, 0.25) is 0 Å². The molecule has 2 heteroatoms. The maximum atomic E-state index is 8.86. The van der Waals surface area contributed by atoms with Crippen LogP contribution in [0.5, 0.6) is 0 Å². The second-order valence-corrected chi connectivity index (χ2v) is 6.76. The fraction of sp³-hybridized carbons (Fsp3) is 0.923. The summed E-state index contributed by atoms with van der Waals surface area (Å²) in [5.74, 6) is 2.01. The average molecular weight is 227 g/mol. The van der Waals surface area contributed by atoms with E-state index in [1.54, 1.807) is 0 Å². The van der Waals surface area contributed by atoms with E-state index in [0.29, 0.717) is 0 Å². The van der Waals surface area contributed by atoms with Gasteiger partial charge in [0, 0.05) is 5.25 Å². The lowest BCUT2D eigenvalue weighted by Crippen LogP contribution is -2.08. The van der Waals surface area contributed by atoms with Gasteiger partial charge < -0.3 is 0 Å². The van der Waals surface area contributed by atoms with Crippen LogP contribution in [0.25, 0.3) is 0 Å². The van der Waals surface area contributed by atoms with Crippen LogP contribution in [0.4, 0.5) is 0 Å². The van der Waals surface area contributed by atoms with Gasteiger partial charge in [-0.2, -0.15) is 17.0 Å². The van der Waals surface area contributed by atoms with Crippen molar-refractivity contribution in [2.75, 3.05) is 5.75 Å². The van der Waals surface area contributed by atoms with Crippen LogP contribution in [-0.4, -0.2) is 11.0 Å². The molecule has 0 bridgehead atoms. The van der Waals surface area contributed by atoms with Crippen molar-refractivity contribution in [1.29, 1.82) is 5.26 Å². The van der Waals surface area contributed by atoms with Crippen LogP contribution in [0, 0.1) is 22.7 Å². The van der Waals surface area contributed by atoms with E-state index < -0.39 is 0 Å². The predicted octanol–water partition coefficient (Wildman–Crippen LogP) is 4.48. The van der Waals surface area contributed by atoms with Crippen molar-refractivity contribution in [2.24, 2.45) is 11.3 Å². The summed E-state index contributed by atoms with van der Waals surface area (Å²) in [4.78, 5) is 0. The van der Waals surface area contributed by atoms with Crippen molar-refractivity contribution in [1.82, 2.24) is 0 Å². The number of nitrogens with zero attached hydrogens (tertiary/aromatic N) is 1. The summed E-state index contributed by atoms with van der Waals surface area (Å²) in [6.45, 7) is 10.9. The zero-order valence-electron chi connectivity index (χ0n) is 10.8. The van der Waals surface area contributed by atoms with Gasteiger partial charge in [0.15, 0.2) is 0 Å². The number of thioether (sulfide) groups is 1. The second-order valence-electron chi connectivity index (χ2n) is 5.27. The minimum absolute atomic E-state index is 0.131. The average Bonchev–Trinajstić information content (AvgIpc) is 2.16. The van der Waals surface area contributed by atoms with Gasteiger partial charge in [0.1, 0.15) is 0 Å². The van der Waals surface area contributed by atoms with Crippen LogP contribution in [0.1, 0.15) is 53.9 Å². The molecule has 88 valence electrons. The number of unbranched alkanes of at least 4 members (excludes halogenated alkanes) is 1. The number of hydrogen-bond donors (Lipinski definition) is 0. The van der Waals surface area contributed by atoms with E-state index in [1.165, 1.54) is 18.6 Å². The largest absolute Gasteiger partial charge is 0.198 e. The van der Waals surface area contributed by atoms with Gasteiger partial charge in [0.2, 0.25) is 0 Å². The molecule has 0 aromatic heterocycles. The van der Waals surface area contributed by atoms with Gasteiger partial charge in [-0.05, 0) is 38.4 Å². The molecule has 0 heterocycles. The van der Waals surface area contributed by atoms with Gasteiger partial charge >= 0.3 is 0 Å². The highest BCUT2D eigenvalue weighted by molar-refractivity contribution is 7.99. The molecule has 0 aromatic rings. The van der Waals surface area contributed by atoms with Crippen molar-refractivity contribution >= 4 is 11.8 Å². The van der Waals surface area contributed by atoms with Crippen molar-refractivity contribution in [3.63, 3.8) is 0 Å². The molecule has 0 aliphatic carbocycles. The third-order valence-corrected chi connectivity index (χ3v) is 4.41. The Morgan fingerprint density at radius 2 is 1.80 bits per heavy atom. The van der Waals surface area contributed by atoms with Crippen LogP contribution < -0.4 is 0 Å². The van der Waals surface area contributed by atoms with Crippen LogP contribution in [0.3, 0.4) is 0 Å². The Labute approximate surface area is 99.6 Å². The van der Waals surface area contributed by atoms with Gasteiger partial charge in [0.05, 0.1) is 11.5 Å². The van der Waals surface area contributed by atoms with E-state index in [9.17, 15) is 0 Å². The van der Waals surface area contributed by atoms with Crippen molar-refractivity contribution < 1.29 is 0 Å². The number of rotatable bonds is 7. The smallest absolute Gasteiger partial charge is 0.0683 e. The molecule has 0 aliphatic rings. The van der Waals surface area contributed by atoms with Crippen LogP contribution in [0.15, 0.2) is 0 Å². The highest BCUT2D eigenvalue weighted by atomic mass is 32.2. The van der Waals surface area contributed by atoms with E-state index in [4.69, 9.17) is 5.26 Å². The molecule has 0 spiro atoms. The highest BCUT2D eigenvalue weighted by Gasteiger charge is 2.15. The first-order chi connectivity index (χ1) is 6.89. The summed E-state index contributed by atoms with van der Waals surface area (Å²) >= 11 is 2.06. The van der Waals surface area contributed by atoms with E-state index in [2.05, 4.69) is 38.6 Å². The molecule has 0 N–H and O–H groups in total. The normalized spacial score (nSPS) is 13.9. The molecule has 0 amide bonds. The first-order valence-electron chi connectivity index (χ1n) is 5.92. The summed E-state index contributed by atoms with van der Waals surface area (Å²) in [5, 5.41) is 9.61. The van der Waals surface area contributed by atoms with Crippen molar-refractivity contribution in [3.05, 3.63) is 0 Å². The fourth-order valence-corrected chi connectivity index (χ4v) is 2.31. The summed E-state index contributed by atoms with van der Waals surface area (Å²) in [6, 6.07) is 2.35. The van der Waals surface area contributed by atoms with E-state index >= 15 is 0 Å². The zero-order valence-corrected chi connectivity index (χ0v) is 11.7. The van der Waals surface area contributed by atoms with Crippen LogP contribution in [-0.2, 0) is 0 Å². The van der Waals surface area contributed by atoms with Gasteiger partial charge in [-0.25, -0.2) is 0 Å². The van der Waals surface area contributed by atoms with Gasteiger partial charge in [-0.3, -0.25) is 0 Å². The maximum Gasteiger partial charge on any atom is 0.0683 e. The molecule has 0 aromatic carbocycles. The Morgan fingerprint density at radius 1 is 1.20 bits per heavy atom. The third kappa shape index (κ3) is 7.73. The van der Waals surface area contributed by atoms with Crippen molar-refractivity contribution in [2.45, 2.75) is 59.1 Å². The maximum absolute atomic E-state index is 8.86. The highest BCUT2D eigenvalue weighted by Crippen LogP contribution is 2.24. The number of nitriles is 1. The Bertz CT molecular complexity index is 203. The van der Waals surface area contributed by atoms with E-state index in [-0.39, 0.29) is 5.41 Å². The summed E-state index contributed by atoms with van der Waals surface area (Å²) in [6.07, 6.45) is 3.45. The zero-order chi connectivity index (χ0) is 11.9. The van der Waals surface area contributed by atoms with Gasteiger partial charge in [0.25, 0.3) is 0 Å². The first-order valence-corrected chi connectivity index (χ1v) is 6.97. The fourth-order valence-electron chi connectivity index (χ4n) is 1.19. The lowest BCUT2D eigenvalue weighted by atomic mass is 9.89. The molecule has 0 rings (SSSR count). The third-order valence-electron chi connectivity index (χ3n) is 2.82. The molecule has 1 unspecified atom stereocenters. The molecule has 1 atom stereocenters. The SMILES string of the molecule is CC(C)C(C)SCCCCC(C)(C)C#N. The topological polar surface area (TPSA) is 23.8 Å². The number of hydrogen-bond acceptors (Lipinski definition) is 2. The minimum atomic E-state index is -0.131. The Kier molecular flexibility index (Phi) is 7.09. The molecule has 0 aliphatic heterocycles. The Balaban J connectivity index is 3.45. The predicted molar refractivity (Wildman–Crippen MR) is 70.0 cm³/mol. The summed E-state index contributed by atoms with van der Waals surface area (Å²) in [5.41, 5.74) is -0.131. The Morgan fingerprint density at radius 3 is 2.27 bits per heavy atom. The van der Waals surface area contributed by atoms with Gasteiger partial charge in [-0.1, -0.05) is 27.2 Å². The summed E-state index contributed by atoms with van der Waals surface area (Å²) in [7, 11) is 0. The minimum Gasteiger partial charge on any atom is -0.198 e. The van der Waals surface area contributed by atoms with Crippen molar-refractivity contribution in [3.8, 4) is 6.07 Å². The summed E-state index contributed by atoms with van der Waals surface area (Å²) < 4.78 is 0. The molecule has 0 saturated carbocycles. The molecule has 0 saturated heterocycles. The van der Waals surface area contributed by atoms with Gasteiger partial charge in [-0.15, -0.1) is 0 Å². The lowest BCUT2D eigenvalue weighted by Gasteiger charge is -2.16. The molecular formula is C13H25NS. The molecule has 1 nitrogen and oxygen atoms in total. The standard InChI is InChI=1S/C13H25NS/c1-11(2)12(3)15-9-7-6-8-13(4,5)10-14/h11-12H,6-9H2,1-5H3. The first kappa shape index (κ1) is 14.8. The molecule has 15 heavy (non-hydrogen) atoms. The van der Waals surface area contributed by atoms with E-state index in [0.717, 1.165) is 17.6 Å². The second kappa shape index (κ2) is 7.17. The molecule has 0 radical (unpaired) electrons. The Hall–Kier alpha value is -0.160. The quantitative estimate of drug-likeness (QED) is 0.599. The van der Waals surface area contributed by atoms with E-state index in [1.807, 2.05) is 13.8 Å². The monoisotopic (exact) mass is 227 g/mol. The lowest BCUT2D eigenvalue weighted by molar-refractivity contribution is 0.433. The van der Waals surface area contributed by atoms with Crippen LogP contribution >= 0.6 is 11.8 Å².